The Morgan fingerprint density at radius 3 is 2.70 bits per heavy atom. The zero-order valence-electron chi connectivity index (χ0n) is 11.1. The van der Waals surface area contributed by atoms with E-state index in [1.54, 1.807) is 23.2 Å². The summed E-state index contributed by atoms with van der Waals surface area (Å²) in [5.74, 6) is -0.283. The number of hydrogen-bond donors (Lipinski definition) is 0. The SMILES string of the molecule is COC(=O)C[n+]1cccc(N=Cc2ccccc2)c1.[Br-]. The van der Waals surface area contributed by atoms with E-state index in [9.17, 15) is 4.79 Å². The van der Waals surface area contributed by atoms with E-state index in [0.29, 0.717) is 0 Å². The number of hydrogen-bond acceptors (Lipinski definition) is 3. The van der Waals surface area contributed by atoms with E-state index in [1.165, 1.54) is 7.11 Å². The summed E-state index contributed by atoms with van der Waals surface area (Å²) in [6.45, 7) is 0.186. The van der Waals surface area contributed by atoms with Crippen molar-refractivity contribution in [3.8, 4) is 0 Å². The summed E-state index contributed by atoms with van der Waals surface area (Å²) < 4.78 is 6.36. The van der Waals surface area contributed by atoms with Gasteiger partial charge in [-0.25, -0.2) is 9.79 Å². The average molecular weight is 335 g/mol. The second-order valence-corrected chi connectivity index (χ2v) is 3.98. The van der Waals surface area contributed by atoms with Gasteiger partial charge in [0.15, 0.2) is 12.4 Å². The molecular weight excluding hydrogens is 320 g/mol. The smallest absolute Gasteiger partial charge is 0.372 e. The van der Waals surface area contributed by atoms with Crippen LogP contribution in [0.15, 0.2) is 59.9 Å². The summed E-state index contributed by atoms with van der Waals surface area (Å²) >= 11 is 0. The first-order valence-corrected chi connectivity index (χ1v) is 5.93. The van der Waals surface area contributed by atoms with Gasteiger partial charge in [0.2, 0.25) is 6.54 Å². The van der Waals surface area contributed by atoms with Crippen LogP contribution in [0.1, 0.15) is 5.56 Å². The summed E-state index contributed by atoms with van der Waals surface area (Å²) in [7, 11) is 1.38. The fourth-order valence-corrected chi connectivity index (χ4v) is 1.58. The molecule has 0 unspecified atom stereocenters. The highest BCUT2D eigenvalue weighted by molar-refractivity contribution is 5.81. The molecule has 0 radical (unpaired) electrons. The van der Waals surface area contributed by atoms with Gasteiger partial charge in [-0.3, -0.25) is 0 Å². The largest absolute Gasteiger partial charge is 1.00 e. The predicted octanol–water partition coefficient (Wildman–Crippen LogP) is -1.10. The molecule has 0 spiro atoms. The molecule has 0 aliphatic rings. The Kier molecular flexibility index (Phi) is 6.59. The van der Waals surface area contributed by atoms with Crippen LogP contribution in [-0.4, -0.2) is 19.3 Å². The molecule has 0 fully saturated rings. The second kappa shape index (κ2) is 8.22. The van der Waals surface area contributed by atoms with Gasteiger partial charge in [-0.2, -0.15) is 4.57 Å². The van der Waals surface area contributed by atoms with Crippen molar-refractivity contribution in [2.75, 3.05) is 7.11 Å². The summed E-state index contributed by atoms with van der Waals surface area (Å²) in [5, 5.41) is 0. The molecule has 0 saturated carbocycles. The van der Waals surface area contributed by atoms with Gasteiger partial charge in [0.1, 0.15) is 5.69 Å². The number of aromatic nitrogens is 1. The minimum absolute atomic E-state index is 0. The molecule has 1 heterocycles. The maximum Gasteiger partial charge on any atom is 0.372 e. The van der Waals surface area contributed by atoms with E-state index in [2.05, 4.69) is 9.73 Å². The second-order valence-electron chi connectivity index (χ2n) is 3.98. The Labute approximate surface area is 128 Å². The number of nitrogens with zero attached hydrogens (tertiary/aromatic N) is 2. The maximum atomic E-state index is 11.2. The number of carbonyl (C=O) groups is 1. The van der Waals surface area contributed by atoms with Crippen molar-refractivity contribution in [2.45, 2.75) is 6.54 Å². The molecule has 0 bridgehead atoms. The highest BCUT2D eigenvalue weighted by Gasteiger charge is 2.08. The molecule has 0 N–H and O–H groups in total. The molecule has 20 heavy (non-hydrogen) atoms. The van der Waals surface area contributed by atoms with Crippen LogP contribution < -0.4 is 21.5 Å². The van der Waals surface area contributed by atoms with Crippen LogP contribution in [0.5, 0.6) is 0 Å². The molecular formula is C15H15BrN2O2. The monoisotopic (exact) mass is 334 g/mol. The van der Waals surface area contributed by atoms with Crippen LogP contribution in [0.3, 0.4) is 0 Å². The number of ether oxygens (including phenoxy) is 1. The third-order valence-corrected chi connectivity index (χ3v) is 2.54. The number of rotatable bonds is 4. The lowest BCUT2D eigenvalue weighted by atomic mass is 10.2. The zero-order valence-corrected chi connectivity index (χ0v) is 12.7. The molecule has 1 aromatic heterocycles. The summed E-state index contributed by atoms with van der Waals surface area (Å²) in [6.07, 6.45) is 5.40. The van der Waals surface area contributed by atoms with Crippen molar-refractivity contribution in [1.82, 2.24) is 0 Å². The lowest BCUT2D eigenvalue weighted by molar-refractivity contribution is -0.685. The molecule has 4 nitrogen and oxygen atoms in total. The van der Waals surface area contributed by atoms with E-state index in [0.717, 1.165) is 11.3 Å². The first-order chi connectivity index (χ1) is 9.28. The Balaban J connectivity index is 0.00000200. The lowest BCUT2D eigenvalue weighted by Crippen LogP contribution is -3.00. The lowest BCUT2D eigenvalue weighted by Gasteiger charge is -1.97. The van der Waals surface area contributed by atoms with E-state index >= 15 is 0 Å². The van der Waals surface area contributed by atoms with Gasteiger partial charge in [-0.15, -0.1) is 0 Å². The fourth-order valence-electron chi connectivity index (χ4n) is 1.58. The van der Waals surface area contributed by atoms with Crippen molar-refractivity contribution in [3.63, 3.8) is 0 Å². The van der Waals surface area contributed by atoms with Gasteiger partial charge in [-0.1, -0.05) is 30.3 Å². The molecule has 2 rings (SSSR count). The quantitative estimate of drug-likeness (QED) is 0.405. The normalized spacial score (nSPS) is 10.1. The van der Waals surface area contributed by atoms with Gasteiger partial charge in [-0.05, 0) is 11.6 Å². The fraction of sp³-hybridized carbons (Fsp3) is 0.133. The van der Waals surface area contributed by atoms with Crippen LogP contribution in [-0.2, 0) is 16.1 Å². The van der Waals surface area contributed by atoms with Gasteiger partial charge < -0.3 is 21.7 Å². The topological polar surface area (TPSA) is 42.5 Å². The third-order valence-electron chi connectivity index (χ3n) is 2.54. The Hall–Kier alpha value is -2.01. The third kappa shape index (κ3) is 4.93. The number of methoxy groups -OCH3 is 1. The summed E-state index contributed by atoms with van der Waals surface area (Å²) in [6, 6.07) is 13.6. The molecule has 0 aliphatic heterocycles. The predicted molar refractivity (Wildman–Crippen MR) is 72.3 cm³/mol. The summed E-state index contributed by atoms with van der Waals surface area (Å²) in [5.41, 5.74) is 1.82. The molecule has 0 aliphatic carbocycles. The molecule has 1 aromatic carbocycles. The minimum atomic E-state index is -0.283. The molecule has 0 atom stereocenters. The number of carbonyl (C=O) groups excluding carboxylic acids is 1. The first kappa shape index (κ1) is 16.0. The van der Waals surface area contributed by atoms with Crippen LogP contribution >= 0.6 is 0 Å². The van der Waals surface area contributed by atoms with Gasteiger partial charge in [0.25, 0.3) is 0 Å². The molecule has 0 amide bonds. The van der Waals surface area contributed by atoms with E-state index in [-0.39, 0.29) is 29.5 Å². The van der Waals surface area contributed by atoms with Crippen LogP contribution in [0.2, 0.25) is 0 Å². The van der Waals surface area contributed by atoms with Crippen LogP contribution in [0.25, 0.3) is 0 Å². The molecule has 104 valence electrons. The van der Waals surface area contributed by atoms with E-state index in [4.69, 9.17) is 0 Å². The average Bonchev–Trinajstić information content (AvgIpc) is 2.46. The van der Waals surface area contributed by atoms with Crippen LogP contribution in [0, 0.1) is 0 Å². The van der Waals surface area contributed by atoms with Gasteiger partial charge in [0, 0.05) is 12.3 Å². The van der Waals surface area contributed by atoms with Crippen molar-refractivity contribution >= 4 is 17.9 Å². The van der Waals surface area contributed by atoms with Crippen LogP contribution in [0.4, 0.5) is 5.69 Å². The number of esters is 1. The van der Waals surface area contributed by atoms with Crippen molar-refractivity contribution in [3.05, 3.63) is 60.4 Å². The Bertz CT molecular complexity index is 585. The Morgan fingerprint density at radius 2 is 2.00 bits per heavy atom. The number of halogens is 1. The summed E-state index contributed by atoms with van der Waals surface area (Å²) in [4.78, 5) is 15.6. The number of pyridine rings is 1. The highest BCUT2D eigenvalue weighted by atomic mass is 79.9. The first-order valence-electron chi connectivity index (χ1n) is 5.93. The molecule has 2 aromatic rings. The number of benzene rings is 1. The highest BCUT2D eigenvalue weighted by Crippen LogP contribution is 2.07. The van der Waals surface area contributed by atoms with Gasteiger partial charge in [0.05, 0.1) is 7.11 Å². The molecule has 0 saturated heterocycles. The maximum absolute atomic E-state index is 11.2. The van der Waals surface area contributed by atoms with Gasteiger partial charge >= 0.3 is 5.97 Å². The van der Waals surface area contributed by atoms with E-state index < -0.39 is 0 Å². The standard InChI is InChI=1S/C15H15N2O2.BrH/c1-19-15(18)12-17-9-5-8-14(11-17)16-10-13-6-3-2-4-7-13;/h2-11H,12H2,1H3;1H/q+1;/p-1. The zero-order chi connectivity index (χ0) is 13.5. The van der Waals surface area contributed by atoms with Crippen molar-refractivity contribution in [1.29, 1.82) is 0 Å². The van der Waals surface area contributed by atoms with Crippen molar-refractivity contribution < 1.29 is 31.1 Å². The van der Waals surface area contributed by atoms with E-state index in [1.807, 2.05) is 42.5 Å². The molecule has 5 heteroatoms. The van der Waals surface area contributed by atoms with Crippen molar-refractivity contribution in [2.24, 2.45) is 4.99 Å². The minimum Gasteiger partial charge on any atom is -1.00 e. The Morgan fingerprint density at radius 1 is 1.25 bits per heavy atom. The number of aliphatic imine (C=N–C) groups is 1.